The van der Waals surface area contributed by atoms with Crippen molar-refractivity contribution in [1.82, 2.24) is 10.3 Å². The Labute approximate surface area is 106 Å². The van der Waals surface area contributed by atoms with Crippen molar-refractivity contribution in [3.63, 3.8) is 0 Å². The molecule has 98 valence electrons. The summed E-state index contributed by atoms with van der Waals surface area (Å²) in [5.41, 5.74) is 0.841. The summed E-state index contributed by atoms with van der Waals surface area (Å²) in [4.78, 5) is 14.8. The Balaban J connectivity index is 1.83. The Morgan fingerprint density at radius 3 is 3.11 bits per heavy atom. The summed E-state index contributed by atoms with van der Waals surface area (Å²) in [7, 11) is 0. The Bertz CT molecular complexity index is 422. The Morgan fingerprint density at radius 1 is 1.61 bits per heavy atom. The van der Waals surface area contributed by atoms with E-state index in [1.165, 1.54) is 6.07 Å². The lowest BCUT2D eigenvalue weighted by Crippen LogP contribution is -2.27. The number of rotatable bonds is 5. The maximum absolute atomic E-state index is 10.8. The molecule has 1 saturated heterocycles. The van der Waals surface area contributed by atoms with Crippen molar-refractivity contribution in [1.29, 1.82) is 0 Å². The summed E-state index contributed by atoms with van der Waals surface area (Å²) in [6.45, 7) is 4.38. The molecule has 0 amide bonds. The second-order valence-electron chi connectivity index (χ2n) is 4.57. The average Bonchev–Trinajstić information content (AvgIpc) is 2.76. The van der Waals surface area contributed by atoms with Gasteiger partial charge in [-0.3, -0.25) is 0 Å². The molecule has 1 aliphatic rings. The summed E-state index contributed by atoms with van der Waals surface area (Å²) in [5, 5.41) is 12.1. The third-order valence-electron chi connectivity index (χ3n) is 3.27. The monoisotopic (exact) mass is 250 g/mol. The van der Waals surface area contributed by atoms with Gasteiger partial charge in [0, 0.05) is 19.7 Å². The number of ether oxygens (including phenoxy) is 1. The number of nitrogens with zero attached hydrogens (tertiary/aromatic N) is 1. The normalized spacial score (nSPS) is 23.2. The SMILES string of the molecule is CC1OCCC1CNCc1cccc(C(=O)O)n1. The highest BCUT2D eigenvalue weighted by molar-refractivity contribution is 5.85. The molecule has 1 aliphatic heterocycles. The van der Waals surface area contributed by atoms with Crippen LogP contribution >= 0.6 is 0 Å². The summed E-state index contributed by atoms with van der Waals surface area (Å²) in [6.07, 6.45) is 1.38. The molecule has 5 heteroatoms. The molecule has 1 aromatic rings. The minimum Gasteiger partial charge on any atom is -0.477 e. The fourth-order valence-electron chi connectivity index (χ4n) is 2.13. The first-order valence-electron chi connectivity index (χ1n) is 6.18. The number of carboxylic acid groups (broad SMARTS) is 1. The smallest absolute Gasteiger partial charge is 0.354 e. The first kappa shape index (κ1) is 13.0. The number of hydrogen-bond acceptors (Lipinski definition) is 4. The molecular formula is C13H18N2O3. The van der Waals surface area contributed by atoms with Gasteiger partial charge in [0.2, 0.25) is 0 Å². The zero-order valence-electron chi connectivity index (χ0n) is 10.4. The lowest BCUT2D eigenvalue weighted by Gasteiger charge is -2.14. The standard InChI is InChI=1S/C13H18N2O3/c1-9-10(5-6-18-9)7-14-8-11-3-2-4-12(15-11)13(16)17/h2-4,9-10,14H,5-8H2,1H3,(H,16,17). The van der Waals surface area contributed by atoms with Crippen LogP contribution in [-0.4, -0.2) is 35.3 Å². The third kappa shape index (κ3) is 3.27. The highest BCUT2D eigenvalue weighted by Crippen LogP contribution is 2.19. The lowest BCUT2D eigenvalue weighted by molar-refractivity contribution is 0.0690. The second-order valence-corrected chi connectivity index (χ2v) is 4.57. The van der Waals surface area contributed by atoms with Gasteiger partial charge in [0.1, 0.15) is 5.69 Å². The molecule has 2 atom stereocenters. The number of aromatic carboxylic acids is 1. The Hall–Kier alpha value is -1.46. The van der Waals surface area contributed by atoms with Gasteiger partial charge in [-0.15, -0.1) is 0 Å². The average molecular weight is 250 g/mol. The van der Waals surface area contributed by atoms with Crippen molar-refractivity contribution in [2.75, 3.05) is 13.2 Å². The van der Waals surface area contributed by atoms with Gasteiger partial charge < -0.3 is 15.2 Å². The van der Waals surface area contributed by atoms with Gasteiger partial charge >= 0.3 is 5.97 Å². The van der Waals surface area contributed by atoms with Gasteiger partial charge in [-0.05, 0) is 31.4 Å². The van der Waals surface area contributed by atoms with Crippen LogP contribution in [0.25, 0.3) is 0 Å². The topological polar surface area (TPSA) is 71.5 Å². The van der Waals surface area contributed by atoms with Crippen molar-refractivity contribution in [2.45, 2.75) is 26.0 Å². The minimum absolute atomic E-state index is 0.0897. The fourth-order valence-corrected chi connectivity index (χ4v) is 2.13. The van der Waals surface area contributed by atoms with Crippen LogP contribution in [-0.2, 0) is 11.3 Å². The summed E-state index contributed by atoms with van der Waals surface area (Å²) < 4.78 is 5.49. The van der Waals surface area contributed by atoms with Crippen LogP contribution in [0.5, 0.6) is 0 Å². The van der Waals surface area contributed by atoms with Crippen LogP contribution in [0.1, 0.15) is 29.5 Å². The molecule has 2 N–H and O–H groups in total. The van der Waals surface area contributed by atoms with E-state index in [9.17, 15) is 4.79 Å². The number of pyridine rings is 1. The predicted molar refractivity (Wildman–Crippen MR) is 66.4 cm³/mol. The molecule has 0 aromatic carbocycles. The number of aromatic nitrogens is 1. The van der Waals surface area contributed by atoms with Crippen molar-refractivity contribution in [3.8, 4) is 0 Å². The minimum atomic E-state index is -0.991. The van der Waals surface area contributed by atoms with Crippen LogP contribution in [0.4, 0.5) is 0 Å². The number of carbonyl (C=O) groups is 1. The zero-order valence-corrected chi connectivity index (χ0v) is 10.4. The molecule has 5 nitrogen and oxygen atoms in total. The van der Waals surface area contributed by atoms with Crippen LogP contribution in [0.2, 0.25) is 0 Å². The molecule has 0 radical (unpaired) electrons. The van der Waals surface area contributed by atoms with Gasteiger partial charge in [0.05, 0.1) is 11.8 Å². The molecule has 0 saturated carbocycles. The van der Waals surface area contributed by atoms with E-state index in [-0.39, 0.29) is 5.69 Å². The van der Waals surface area contributed by atoms with Crippen molar-refractivity contribution < 1.29 is 14.6 Å². The third-order valence-corrected chi connectivity index (χ3v) is 3.27. The molecule has 2 rings (SSSR count). The highest BCUT2D eigenvalue weighted by Gasteiger charge is 2.23. The van der Waals surface area contributed by atoms with Gasteiger partial charge in [-0.2, -0.15) is 0 Å². The second kappa shape index (κ2) is 5.93. The number of hydrogen-bond donors (Lipinski definition) is 2. The first-order valence-corrected chi connectivity index (χ1v) is 6.18. The molecular weight excluding hydrogens is 232 g/mol. The van der Waals surface area contributed by atoms with Gasteiger partial charge in [0.15, 0.2) is 0 Å². The van der Waals surface area contributed by atoms with E-state index in [1.54, 1.807) is 6.07 Å². The van der Waals surface area contributed by atoms with Crippen molar-refractivity contribution in [3.05, 3.63) is 29.6 Å². The number of nitrogens with one attached hydrogen (secondary N) is 1. The van der Waals surface area contributed by atoms with E-state index >= 15 is 0 Å². The molecule has 1 aromatic heterocycles. The quantitative estimate of drug-likeness (QED) is 0.824. The van der Waals surface area contributed by atoms with E-state index < -0.39 is 5.97 Å². The van der Waals surface area contributed by atoms with Crippen LogP contribution in [0.3, 0.4) is 0 Å². The maximum atomic E-state index is 10.8. The van der Waals surface area contributed by atoms with E-state index in [0.29, 0.717) is 18.6 Å². The predicted octanol–water partition coefficient (Wildman–Crippen LogP) is 1.29. The largest absolute Gasteiger partial charge is 0.477 e. The molecule has 0 spiro atoms. The molecule has 1 fully saturated rings. The van der Waals surface area contributed by atoms with Crippen molar-refractivity contribution >= 4 is 5.97 Å². The molecule has 0 aliphatic carbocycles. The number of carboxylic acids is 1. The lowest BCUT2D eigenvalue weighted by atomic mass is 10.0. The molecule has 2 heterocycles. The summed E-state index contributed by atoms with van der Waals surface area (Å²) in [6, 6.07) is 5.04. The molecule has 0 bridgehead atoms. The first-order chi connectivity index (χ1) is 8.66. The molecule has 18 heavy (non-hydrogen) atoms. The van der Waals surface area contributed by atoms with E-state index in [4.69, 9.17) is 9.84 Å². The van der Waals surface area contributed by atoms with Crippen LogP contribution in [0.15, 0.2) is 18.2 Å². The van der Waals surface area contributed by atoms with Gasteiger partial charge in [-0.1, -0.05) is 6.07 Å². The van der Waals surface area contributed by atoms with E-state index in [1.807, 2.05) is 6.07 Å². The maximum Gasteiger partial charge on any atom is 0.354 e. The van der Waals surface area contributed by atoms with Gasteiger partial charge in [-0.25, -0.2) is 9.78 Å². The Morgan fingerprint density at radius 2 is 2.44 bits per heavy atom. The van der Waals surface area contributed by atoms with Crippen molar-refractivity contribution in [2.24, 2.45) is 5.92 Å². The molecule has 2 unspecified atom stereocenters. The zero-order chi connectivity index (χ0) is 13.0. The van der Waals surface area contributed by atoms with Crippen LogP contribution in [0, 0.1) is 5.92 Å². The summed E-state index contributed by atoms with van der Waals surface area (Å²) >= 11 is 0. The van der Waals surface area contributed by atoms with Gasteiger partial charge in [0.25, 0.3) is 0 Å². The van der Waals surface area contributed by atoms with Crippen LogP contribution < -0.4 is 5.32 Å². The van der Waals surface area contributed by atoms with E-state index in [2.05, 4.69) is 17.2 Å². The van der Waals surface area contributed by atoms with E-state index in [0.717, 1.165) is 25.3 Å². The highest BCUT2D eigenvalue weighted by atomic mass is 16.5. The fraction of sp³-hybridized carbons (Fsp3) is 0.538. The summed E-state index contributed by atoms with van der Waals surface area (Å²) in [5.74, 6) is -0.456. The Kier molecular flexibility index (Phi) is 4.28.